The molecule has 1 N–H and O–H groups in total. The monoisotopic (exact) mass is 280 g/mol. The van der Waals surface area contributed by atoms with Crippen LogP contribution in [0.15, 0.2) is 0 Å². The quantitative estimate of drug-likeness (QED) is 0.859. The zero-order chi connectivity index (χ0) is 13.8. The van der Waals surface area contributed by atoms with Crippen molar-refractivity contribution in [2.45, 2.75) is 63.6 Å². The van der Waals surface area contributed by atoms with Gasteiger partial charge in [-0.2, -0.15) is 0 Å². The highest BCUT2D eigenvalue weighted by Gasteiger charge is 2.30. The molecule has 20 heavy (non-hydrogen) atoms. The van der Waals surface area contributed by atoms with Crippen LogP contribution in [0.3, 0.4) is 0 Å². The van der Waals surface area contributed by atoms with Crippen LogP contribution in [0.2, 0.25) is 0 Å². The van der Waals surface area contributed by atoms with Gasteiger partial charge in [-0.1, -0.05) is 12.8 Å². The summed E-state index contributed by atoms with van der Waals surface area (Å²) in [4.78, 5) is 14.5. The van der Waals surface area contributed by atoms with Crippen LogP contribution in [0.5, 0.6) is 0 Å². The van der Waals surface area contributed by atoms with Crippen LogP contribution < -0.4 is 5.32 Å². The Kier molecular flexibility index (Phi) is 4.94. The molecule has 2 heterocycles. The Hall–Kier alpha value is -0.610. The van der Waals surface area contributed by atoms with Crippen molar-refractivity contribution in [3.05, 3.63) is 0 Å². The molecular weight excluding hydrogens is 252 g/mol. The summed E-state index contributed by atoms with van der Waals surface area (Å²) in [6.07, 6.45) is 10.1. The second kappa shape index (κ2) is 6.90. The molecule has 0 unspecified atom stereocenters. The maximum Gasteiger partial charge on any atom is 0.225 e. The number of ether oxygens (including phenoxy) is 1. The first-order valence-electron chi connectivity index (χ1n) is 8.48. The lowest BCUT2D eigenvalue weighted by Crippen LogP contribution is -2.46. The maximum absolute atomic E-state index is 12.5. The van der Waals surface area contributed by atoms with Gasteiger partial charge in [0.05, 0.1) is 12.2 Å². The summed E-state index contributed by atoms with van der Waals surface area (Å²) >= 11 is 0. The van der Waals surface area contributed by atoms with Crippen molar-refractivity contribution >= 4 is 5.91 Å². The average Bonchev–Trinajstić information content (AvgIpc) is 3.01. The third kappa shape index (κ3) is 3.53. The van der Waals surface area contributed by atoms with Gasteiger partial charge in [-0.3, -0.25) is 4.79 Å². The number of nitrogens with one attached hydrogen (secondary N) is 1. The normalized spacial score (nSPS) is 27.1. The predicted molar refractivity (Wildman–Crippen MR) is 78.5 cm³/mol. The first-order chi connectivity index (χ1) is 9.83. The lowest BCUT2D eigenvalue weighted by molar-refractivity contribution is -0.139. The minimum absolute atomic E-state index is 0.267. The Bertz CT molecular complexity index is 314. The molecule has 0 radical (unpaired) electrons. The zero-order valence-electron chi connectivity index (χ0n) is 12.5. The number of rotatable bonds is 3. The van der Waals surface area contributed by atoms with E-state index in [1.807, 2.05) is 0 Å². The summed E-state index contributed by atoms with van der Waals surface area (Å²) in [5.41, 5.74) is 0. The SMILES string of the molecule is O=C(C1CCNCC1)N1CCC(OC2CCCC2)CC1. The van der Waals surface area contributed by atoms with E-state index in [1.165, 1.54) is 25.7 Å². The topological polar surface area (TPSA) is 41.6 Å². The molecule has 0 aromatic heterocycles. The highest BCUT2D eigenvalue weighted by Crippen LogP contribution is 2.26. The van der Waals surface area contributed by atoms with E-state index in [0.29, 0.717) is 18.1 Å². The van der Waals surface area contributed by atoms with Crippen LogP contribution in [0.4, 0.5) is 0 Å². The number of carbonyl (C=O) groups excluding carboxylic acids is 1. The molecule has 0 aromatic carbocycles. The van der Waals surface area contributed by atoms with Crippen LogP contribution in [-0.4, -0.2) is 49.2 Å². The molecule has 3 fully saturated rings. The van der Waals surface area contributed by atoms with Gasteiger partial charge in [-0.05, 0) is 51.6 Å². The van der Waals surface area contributed by atoms with Crippen LogP contribution in [0, 0.1) is 5.92 Å². The number of hydrogen-bond donors (Lipinski definition) is 1. The summed E-state index contributed by atoms with van der Waals surface area (Å²) in [7, 11) is 0. The smallest absolute Gasteiger partial charge is 0.225 e. The van der Waals surface area contributed by atoms with Gasteiger partial charge in [0.2, 0.25) is 5.91 Å². The van der Waals surface area contributed by atoms with Crippen LogP contribution in [-0.2, 0) is 9.53 Å². The number of hydrogen-bond acceptors (Lipinski definition) is 3. The summed E-state index contributed by atoms with van der Waals surface area (Å²) in [5, 5.41) is 3.33. The standard InChI is InChI=1S/C16H28N2O2/c19-16(13-5-9-17-10-6-13)18-11-7-15(8-12-18)20-14-3-1-2-4-14/h13-15,17H,1-12H2. The molecule has 2 saturated heterocycles. The molecule has 0 aromatic rings. The van der Waals surface area contributed by atoms with Crippen molar-refractivity contribution < 1.29 is 9.53 Å². The zero-order valence-corrected chi connectivity index (χ0v) is 12.5. The summed E-state index contributed by atoms with van der Waals surface area (Å²) in [6, 6.07) is 0. The number of nitrogens with zero attached hydrogens (tertiary/aromatic N) is 1. The van der Waals surface area contributed by atoms with Crippen molar-refractivity contribution in [3.63, 3.8) is 0 Å². The molecule has 0 bridgehead atoms. The summed E-state index contributed by atoms with van der Waals surface area (Å²) < 4.78 is 6.18. The molecule has 3 aliphatic rings. The molecule has 3 rings (SSSR count). The number of amides is 1. The van der Waals surface area contributed by atoms with Gasteiger partial charge in [0.1, 0.15) is 0 Å². The fraction of sp³-hybridized carbons (Fsp3) is 0.938. The van der Waals surface area contributed by atoms with E-state index >= 15 is 0 Å². The third-order valence-corrected chi connectivity index (χ3v) is 5.13. The van der Waals surface area contributed by atoms with Crippen LogP contribution in [0.1, 0.15) is 51.4 Å². The van der Waals surface area contributed by atoms with E-state index in [4.69, 9.17) is 4.74 Å². The van der Waals surface area contributed by atoms with Crippen molar-refractivity contribution in [2.24, 2.45) is 5.92 Å². The van der Waals surface area contributed by atoms with Gasteiger partial charge in [0, 0.05) is 19.0 Å². The molecule has 2 aliphatic heterocycles. The predicted octanol–water partition coefficient (Wildman–Crippen LogP) is 1.94. The van der Waals surface area contributed by atoms with Gasteiger partial charge >= 0.3 is 0 Å². The van der Waals surface area contributed by atoms with E-state index in [9.17, 15) is 4.79 Å². The third-order valence-electron chi connectivity index (χ3n) is 5.13. The molecule has 4 heteroatoms. The largest absolute Gasteiger partial charge is 0.375 e. The second-order valence-corrected chi connectivity index (χ2v) is 6.59. The number of carbonyl (C=O) groups is 1. The van der Waals surface area contributed by atoms with E-state index in [0.717, 1.165) is 51.9 Å². The fourth-order valence-corrected chi connectivity index (χ4v) is 3.84. The van der Waals surface area contributed by atoms with Gasteiger partial charge in [0.15, 0.2) is 0 Å². The van der Waals surface area contributed by atoms with E-state index in [1.54, 1.807) is 0 Å². The van der Waals surface area contributed by atoms with E-state index in [-0.39, 0.29) is 5.92 Å². The van der Waals surface area contributed by atoms with Gasteiger partial charge in [0.25, 0.3) is 0 Å². The van der Waals surface area contributed by atoms with Crippen molar-refractivity contribution in [3.8, 4) is 0 Å². The molecule has 1 aliphatic carbocycles. The van der Waals surface area contributed by atoms with Crippen LogP contribution in [0.25, 0.3) is 0 Å². The van der Waals surface area contributed by atoms with Gasteiger partial charge < -0.3 is 15.0 Å². The van der Waals surface area contributed by atoms with Crippen molar-refractivity contribution in [1.82, 2.24) is 10.2 Å². The Balaban J connectivity index is 1.41. The highest BCUT2D eigenvalue weighted by atomic mass is 16.5. The first-order valence-corrected chi connectivity index (χ1v) is 8.48. The first kappa shape index (κ1) is 14.3. The Labute approximate surface area is 122 Å². The highest BCUT2D eigenvalue weighted by molar-refractivity contribution is 5.79. The summed E-state index contributed by atoms with van der Waals surface area (Å²) in [6.45, 7) is 3.80. The molecule has 114 valence electrons. The van der Waals surface area contributed by atoms with E-state index in [2.05, 4.69) is 10.2 Å². The second-order valence-electron chi connectivity index (χ2n) is 6.59. The molecule has 1 amide bonds. The Morgan fingerprint density at radius 1 is 0.900 bits per heavy atom. The van der Waals surface area contributed by atoms with Gasteiger partial charge in [-0.25, -0.2) is 0 Å². The van der Waals surface area contributed by atoms with E-state index < -0.39 is 0 Å². The Morgan fingerprint density at radius 3 is 2.15 bits per heavy atom. The molecule has 1 saturated carbocycles. The van der Waals surface area contributed by atoms with Crippen LogP contribution >= 0.6 is 0 Å². The lowest BCUT2D eigenvalue weighted by Gasteiger charge is -2.36. The average molecular weight is 280 g/mol. The molecule has 0 atom stereocenters. The fourth-order valence-electron chi connectivity index (χ4n) is 3.84. The lowest BCUT2D eigenvalue weighted by atomic mass is 9.95. The minimum atomic E-state index is 0.267. The van der Waals surface area contributed by atoms with Crippen molar-refractivity contribution in [1.29, 1.82) is 0 Å². The molecule has 0 spiro atoms. The number of likely N-dealkylation sites (tertiary alicyclic amines) is 1. The molecule has 4 nitrogen and oxygen atoms in total. The van der Waals surface area contributed by atoms with Crippen molar-refractivity contribution in [2.75, 3.05) is 26.2 Å². The minimum Gasteiger partial charge on any atom is -0.375 e. The van der Waals surface area contributed by atoms with Gasteiger partial charge in [-0.15, -0.1) is 0 Å². The number of piperidine rings is 2. The Morgan fingerprint density at radius 2 is 1.50 bits per heavy atom. The summed E-state index contributed by atoms with van der Waals surface area (Å²) in [5.74, 6) is 0.661. The maximum atomic E-state index is 12.5. The molecular formula is C16H28N2O2.